The van der Waals surface area contributed by atoms with Gasteiger partial charge in [-0.25, -0.2) is 0 Å². The molecule has 1 atom stereocenters. The van der Waals surface area contributed by atoms with Gasteiger partial charge in [0.05, 0.1) is 24.8 Å². The number of non-ortho nitro benzene ring substituents is 1. The zero-order valence-corrected chi connectivity index (χ0v) is 17.3. The van der Waals surface area contributed by atoms with Gasteiger partial charge in [-0.05, 0) is 37.1 Å². The van der Waals surface area contributed by atoms with Gasteiger partial charge in [-0.3, -0.25) is 24.6 Å². The van der Waals surface area contributed by atoms with Crippen molar-refractivity contribution in [1.29, 1.82) is 0 Å². The molecule has 2 aromatic rings. The predicted molar refractivity (Wildman–Crippen MR) is 113 cm³/mol. The molecule has 0 radical (unpaired) electrons. The zero-order chi connectivity index (χ0) is 22.1. The fourth-order valence-electron chi connectivity index (χ4n) is 4.42. The number of carbonyl (C=O) groups excluding carboxylic acids is 2. The lowest BCUT2D eigenvalue weighted by Gasteiger charge is -2.38. The molecule has 1 aliphatic heterocycles. The third-order valence-electron chi connectivity index (χ3n) is 5.79. The number of allylic oxidation sites excluding steroid dienone is 2. The molecule has 2 aliphatic rings. The van der Waals surface area contributed by atoms with Crippen molar-refractivity contribution in [2.45, 2.75) is 31.6 Å². The van der Waals surface area contributed by atoms with Crippen molar-refractivity contribution in [2.75, 3.05) is 19.1 Å². The highest BCUT2D eigenvalue weighted by molar-refractivity contribution is 6.07. The van der Waals surface area contributed by atoms with Gasteiger partial charge in [-0.1, -0.05) is 6.07 Å². The Labute approximate surface area is 179 Å². The lowest BCUT2D eigenvalue weighted by atomic mass is 9.76. The Morgan fingerprint density at radius 1 is 1.06 bits per heavy atom. The summed E-state index contributed by atoms with van der Waals surface area (Å²) in [4.78, 5) is 38.6. The van der Waals surface area contributed by atoms with Gasteiger partial charge in [0.2, 0.25) is 5.91 Å². The molecule has 0 fully saturated rings. The van der Waals surface area contributed by atoms with E-state index in [0.29, 0.717) is 47.7 Å². The fraction of sp³-hybridized carbons (Fsp3) is 0.304. The first kappa shape index (κ1) is 20.6. The largest absolute Gasteiger partial charge is 0.497 e. The molecule has 0 aromatic heterocycles. The van der Waals surface area contributed by atoms with E-state index >= 15 is 0 Å². The van der Waals surface area contributed by atoms with Crippen molar-refractivity contribution < 1.29 is 24.0 Å². The lowest BCUT2D eigenvalue weighted by molar-refractivity contribution is -0.384. The van der Waals surface area contributed by atoms with Crippen molar-refractivity contribution in [3.63, 3.8) is 0 Å². The summed E-state index contributed by atoms with van der Waals surface area (Å²) in [5.74, 6) is 0.487. The zero-order valence-electron chi connectivity index (χ0n) is 17.3. The Kier molecular flexibility index (Phi) is 5.46. The highest BCUT2D eigenvalue weighted by atomic mass is 16.6. The van der Waals surface area contributed by atoms with E-state index in [2.05, 4.69) is 0 Å². The quantitative estimate of drug-likeness (QED) is 0.530. The van der Waals surface area contributed by atoms with Gasteiger partial charge >= 0.3 is 0 Å². The molecule has 8 heteroatoms. The number of nitro groups is 1. The van der Waals surface area contributed by atoms with Crippen LogP contribution in [0, 0.1) is 10.1 Å². The number of amides is 1. The van der Waals surface area contributed by atoms with Crippen molar-refractivity contribution in [3.05, 3.63) is 69.4 Å². The van der Waals surface area contributed by atoms with Crippen molar-refractivity contribution in [2.24, 2.45) is 0 Å². The van der Waals surface area contributed by atoms with Crippen LogP contribution in [0.4, 0.5) is 11.4 Å². The molecule has 0 saturated carbocycles. The lowest BCUT2D eigenvalue weighted by Crippen LogP contribution is -2.40. The average molecular weight is 422 g/mol. The summed E-state index contributed by atoms with van der Waals surface area (Å²) in [6.07, 6.45) is 1.62. The number of Topliss-reactive ketones (excluding diaryl/α,β-unsaturated/α-hetero) is 1. The Morgan fingerprint density at radius 2 is 1.87 bits per heavy atom. The number of ketones is 1. The van der Waals surface area contributed by atoms with Crippen LogP contribution < -0.4 is 14.4 Å². The van der Waals surface area contributed by atoms with Crippen molar-refractivity contribution >= 4 is 23.1 Å². The maximum Gasteiger partial charge on any atom is 0.271 e. The minimum Gasteiger partial charge on any atom is -0.497 e. The maximum atomic E-state index is 13.3. The molecule has 1 amide bonds. The van der Waals surface area contributed by atoms with Crippen LogP contribution >= 0.6 is 0 Å². The minimum absolute atomic E-state index is 0.0148. The molecule has 2 aromatic carbocycles. The van der Waals surface area contributed by atoms with E-state index in [1.807, 2.05) is 0 Å². The third-order valence-corrected chi connectivity index (χ3v) is 5.79. The number of ether oxygens (including phenoxy) is 2. The molecule has 1 heterocycles. The van der Waals surface area contributed by atoms with E-state index in [4.69, 9.17) is 9.47 Å². The topological polar surface area (TPSA) is 99.0 Å². The highest BCUT2D eigenvalue weighted by Gasteiger charge is 2.41. The SMILES string of the molecule is COc1ccc(OC)c(C2CC(=O)N(c3cccc([N+](=O)[O-])c3)C3=C2C(=O)CCC3)c1. The normalized spacial score (nSPS) is 18.6. The van der Waals surface area contributed by atoms with Gasteiger partial charge in [0.1, 0.15) is 11.5 Å². The van der Waals surface area contributed by atoms with Crippen LogP contribution in [-0.4, -0.2) is 30.8 Å². The van der Waals surface area contributed by atoms with Gasteiger partial charge in [-0.2, -0.15) is 0 Å². The van der Waals surface area contributed by atoms with Gasteiger partial charge in [-0.15, -0.1) is 0 Å². The number of nitrogens with zero attached hydrogens (tertiary/aromatic N) is 2. The summed E-state index contributed by atoms with van der Waals surface area (Å²) in [5.41, 5.74) is 2.20. The van der Waals surface area contributed by atoms with E-state index in [9.17, 15) is 19.7 Å². The molecule has 8 nitrogen and oxygen atoms in total. The third kappa shape index (κ3) is 3.65. The molecule has 1 aliphatic carbocycles. The predicted octanol–water partition coefficient (Wildman–Crippen LogP) is 4.14. The smallest absolute Gasteiger partial charge is 0.271 e. The monoisotopic (exact) mass is 422 g/mol. The first-order chi connectivity index (χ1) is 14.9. The Bertz CT molecular complexity index is 1110. The summed E-state index contributed by atoms with van der Waals surface area (Å²) >= 11 is 0. The number of rotatable bonds is 5. The fourth-order valence-corrected chi connectivity index (χ4v) is 4.42. The molecule has 4 rings (SSSR count). The standard InChI is InChI=1S/C23H22N2O6/c1-30-16-9-10-21(31-2)17(12-16)18-13-22(27)24(19-7-4-8-20(26)23(18)19)14-5-3-6-15(11-14)25(28)29/h3,5-6,9-12,18H,4,7-8,13H2,1-2H3. The van der Waals surface area contributed by atoms with Crippen molar-refractivity contribution in [3.8, 4) is 11.5 Å². The number of hydrogen-bond donors (Lipinski definition) is 0. The van der Waals surface area contributed by atoms with Crippen LogP contribution in [0.3, 0.4) is 0 Å². The summed E-state index contributed by atoms with van der Waals surface area (Å²) in [6.45, 7) is 0. The number of benzene rings is 2. The molecular formula is C23H22N2O6. The Morgan fingerprint density at radius 3 is 2.58 bits per heavy atom. The van der Waals surface area contributed by atoms with Gasteiger partial charge < -0.3 is 9.47 Å². The molecule has 0 saturated heterocycles. The first-order valence-electron chi connectivity index (χ1n) is 10.00. The molecule has 160 valence electrons. The molecular weight excluding hydrogens is 400 g/mol. The van der Waals surface area contributed by atoms with E-state index in [-0.39, 0.29) is 23.8 Å². The second-order valence-corrected chi connectivity index (χ2v) is 7.51. The number of anilines is 1. The second kappa shape index (κ2) is 8.22. The number of methoxy groups -OCH3 is 2. The number of hydrogen-bond acceptors (Lipinski definition) is 6. The van der Waals surface area contributed by atoms with Gasteiger partial charge in [0, 0.05) is 47.7 Å². The number of nitro benzene ring substituents is 1. The Hall–Kier alpha value is -3.68. The van der Waals surface area contributed by atoms with E-state index in [1.54, 1.807) is 44.6 Å². The molecule has 0 bridgehead atoms. The van der Waals surface area contributed by atoms with Crippen LogP contribution in [0.25, 0.3) is 0 Å². The van der Waals surface area contributed by atoms with Crippen LogP contribution in [-0.2, 0) is 9.59 Å². The minimum atomic E-state index is -0.497. The van der Waals surface area contributed by atoms with Gasteiger partial charge in [0.25, 0.3) is 5.69 Å². The molecule has 1 unspecified atom stereocenters. The van der Waals surface area contributed by atoms with E-state index in [1.165, 1.54) is 17.0 Å². The molecule has 0 N–H and O–H groups in total. The van der Waals surface area contributed by atoms with Crippen molar-refractivity contribution in [1.82, 2.24) is 0 Å². The van der Waals surface area contributed by atoms with Crippen LogP contribution in [0.2, 0.25) is 0 Å². The summed E-state index contributed by atoms with van der Waals surface area (Å²) in [6, 6.07) is 11.3. The summed E-state index contributed by atoms with van der Waals surface area (Å²) < 4.78 is 10.9. The van der Waals surface area contributed by atoms with Gasteiger partial charge in [0.15, 0.2) is 5.78 Å². The van der Waals surface area contributed by atoms with Crippen LogP contribution in [0.15, 0.2) is 53.7 Å². The first-order valence-corrected chi connectivity index (χ1v) is 10.00. The number of carbonyl (C=O) groups is 2. The molecule has 0 spiro atoms. The Balaban J connectivity index is 1.88. The van der Waals surface area contributed by atoms with E-state index in [0.717, 1.165) is 5.56 Å². The molecule has 31 heavy (non-hydrogen) atoms. The second-order valence-electron chi connectivity index (χ2n) is 7.51. The average Bonchev–Trinajstić information content (AvgIpc) is 2.78. The highest BCUT2D eigenvalue weighted by Crippen LogP contribution is 2.46. The summed E-state index contributed by atoms with van der Waals surface area (Å²) in [7, 11) is 3.10. The van der Waals surface area contributed by atoms with Crippen LogP contribution in [0.1, 0.15) is 37.2 Å². The van der Waals surface area contributed by atoms with Crippen LogP contribution in [0.5, 0.6) is 11.5 Å². The maximum absolute atomic E-state index is 13.3. The van der Waals surface area contributed by atoms with E-state index < -0.39 is 10.8 Å². The summed E-state index contributed by atoms with van der Waals surface area (Å²) in [5, 5.41) is 11.2.